The van der Waals surface area contributed by atoms with Crippen LogP contribution in [0.3, 0.4) is 0 Å². The Bertz CT molecular complexity index is 654. The number of hydrogen-bond acceptors (Lipinski definition) is 3. The molecule has 1 N–H and O–H groups in total. The van der Waals surface area contributed by atoms with Gasteiger partial charge in [0.25, 0.3) is 0 Å². The Kier molecular flexibility index (Phi) is 5.81. The monoisotopic (exact) mass is 345 g/mol. The highest BCUT2D eigenvalue weighted by Crippen LogP contribution is 2.21. The molecule has 134 valence electrons. The molecule has 1 saturated heterocycles. The summed E-state index contributed by atoms with van der Waals surface area (Å²) in [5.74, 6) is -0.175. The van der Waals surface area contributed by atoms with Gasteiger partial charge < -0.3 is 10.2 Å². The first kappa shape index (κ1) is 17.6. The van der Waals surface area contributed by atoms with Gasteiger partial charge in [0.2, 0.25) is 11.8 Å². The maximum Gasteiger partial charge on any atom is 0.238 e. The summed E-state index contributed by atoms with van der Waals surface area (Å²) < 4.78 is 13.1. The second kappa shape index (κ2) is 8.25. The van der Waals surface area contributed by atoms with Gasteiger partial charge in [-0.2, -0.15) is 0 Å². The van der Waals surface area contributed by atoms with E-state index in [0.29, 0.717) is 31.9 Å². The molecule has 0 saturated carbocycles. The summed E-state index contributed by atoms with van der Waals surface area (Å²) in [6, 6.07) is 5.87. The fourth-order valence-corrected chi connectivity index (χ4v) is 3.37. The number of hydrogen-bond donors (Lipinski definition) is 1. The number of piperazine rings is 1. The zero-order chi connectivity index (χ0) is 17.6. The molecule has 1 aliphatic heterocycles. The second-order valence-corrected chi connectivity index (χ2v) is 6.64. The first-order chi connectivity index (χ1) is 12.1. The molecule has 2 amide bonds. The highest BCUT2D eigenvalue weighted by molar-refractivity contribution is 5.92. The van der Waals surface area contributed by atoms with Gasteiger partial charge in [-0.3, -0.25) is 14.5 Å². The first-order valence-corrected chi connectivity index (χ1v) is 8.83. The minimum absolute atomic E-state index is 0.118. The fourth-order valence-electron chi connectivity index (χ4n) is 3.37. The predicted octanol–water partition coefficient (Wildman–Crippen LogP) is 2.26. The minimum Gasteiger partial charge on any atom is -0.340 e. The molecule has 1 aliphatic carbocycles. The highest BCUT2D eigenvalue weighted by atomic mass is 19.1. The normalized spacial score (nSPS) is 21.2. The van der Waals surface area contributed by atoms with Gasteiger partial charge in [-0.1, -0.05) is 18.2 Å². The number of allylic oxidation sites excluding steroid dienone is 2. The maximum atomic E-state index is 13.1. The Morgan fingerprint density at radius 1 is 1.16 bits per heavy atom. The van der Waals surface area contributed by atoms with E-state index in [2.05, 4.69) is 17.5 Å². The zero-order valence-electron chi connectivity index (χ0n) is 14.3. The molecule has 5 nitrogen and oxygen atoms in total. The van der Waals surface area contributed by atoms with Crippen molar-refractivity contribution in [3.63, 3.8) is 0 Å². The largest absolute Gasteiger partial charge is 0.340 e. The quantitative estimate of drug-likeness (QED) is 0.852. The Labute approximate surface area is 147 Å². The molecule has 0 unspecified atom stereocenters. The summed E-state index contributed by atoms with van der Waals surface area (Å²) in [4.78, 5) is 28.6. The van der Waals surface area contributed by atoms with Gasteiger partial charge in [-0.15, -0.1) is 0 Å². The van der Waals surface area contributed by atoms with Crippen LogP contribution >= 0.6 is 0 Å². The van der Waals surface area contributed by atoms with Crippen molar-refractivity contribution in [1.82, 2.24) is 9.80 Å². The van der Waals surface area contributed by atoms with Crippen LogP contribution in [0, 0.1) is 11.7 Å². The minimum atomic E-state index is -0.373. The van der Waals surface area contributed by atoms with Crippen molar-refractivity contribution in [1.29, 1.82) is 0 Å². The predicted molar refractivity (Wildman–Crippen MR) is 94.5 cm³/mol. The molecule has 1 aromatic carbocycles. The van der Waals surface area contributed by atoms with Gasteiger partial charge in [-0.25, -0.2) is 4.39 Å². The lowest BCUT2D eigenvalue weighted by atomic mass is 9.93. The van der Waals surface area contributed by atoms with E-state index in [4.69, 9.17) is 0 Å². The van der Waals surface area contributed by atoms with Crippen LogP contribution in [0.4, 0.5) is 10.1 Å². The van der Waals surface area contributed by atoms with Gasteiger partial charge in [-0.05, 0) is 37.5 Å². The van der Waals surface area contributed by atoms with Crippen LogP contribution in [0.15, 0.2) is 36.4 Å². The number of benzene rings is 1. The summed E-state index contributed by atoms with van der Waals surface area (Å²) in [7, 11) is 0. The second-order valence-electron chi connectivity index (χ2n) is 6.64. The number of carbonyl (C=O) groups is 2. The van der Waals surface area contributed by atoms with Crippen LogP contribution < -0.4 is 5.32 Å². The van der Waals surface area contributed by atoms with E-state index < -0.39 is 0 Å². The van der Waals surface area contributed by atoms with Gasteiger partial charge in [0.05, 0.1) is 6.54 Å². The number of halogens is 1. The Hall–Kier alpha value is -2.21. The molecule has 25 heavy (non-hydrogen) atoms. The summed E-state index contributed by atoms with van der Waals surface area (Å²) in [6.07, 6.45) is 7.00. The lowest BCUT2D eigenvalue weighted by Crippen LogP contribution is -2.51. The molecule has 1 heterocycles. The average Bonchev–Trinajstić information content (AvgIpc) is 2.62. The van der Waals surface area contributed by atoms with E-state index in [9.17, 15) is 14.0 Å². The van der Waals surface area contributed by atoms with Crippen molar-refractivity contribution in [2.75, 3.05) is 38.0 Å². The third-order valence-electron chi connectivity index (χ3n) is 4.78. The third kappa shape index (κ3) is 4.89. The van der Waals surface area contributed by atoms with E-state index in [1.165, 1.54) is 12.1 Å². The van der Waals surface area contributed by atoms with E-state index in [1.54, 1.807) is 12.1 Å². The molecular weight excluding hydrogens is 321 g/mol. The zero-order valence-corrected chi connectivity index (χ0v) is 14.3. The standard InChI is InChI=1S/C19H24FN3O2/c20-16-7-4-8-17(13-16)21-18(24)14-22-9-11-23(12-10-22)19(25)15-5-2-1-3-6-15/h1-2,4,7-8,13,15H,3,5-6,9-12,14H2,(H,21,24)/t15-/m1/s1. The molecule has 3 rings (SSSR count). The van der Waals surface area contributed by atoms with Crippen molar-refractivity contribution in [2.24, 2.45) is 5.92 Å². The van der Waals surface area contributed by atoms with Crippen LogP contribution in [0.25, 0.3) is 0 Å². The molecular formula is C19H24FN3O2. The molecule has 2 aliphatic rings. The number of nitrogens with one attached hydrogen (secondary N) is 1. The van der Waals surface area contributed by atoms with Crippen molar-refractivity contribution in [3.05, 3.63) is 42.2 Å². The average molecular weight is 345 g/mol. The molecule has 0 bridgehead atoms. The maximum absolute atomic E-state index is 13.1. The van der Waals surface area contributed by atoms with Crippen LogP contribution in [0.2, 0.25) is 0 Å². The van der Waals surface area contributed by atoms with Crippen molar-refractivity contribution < 1.29 is 14.0 Å². The lowest BCUT2D eigenvalue weighted by Gasteiger charge is -2.36. The van der Waals surface area contributed by atoms with E-state index in [-0.39, 0.29) is 30.1 Å². The summed E-state index contributed by atoms with van der Waals surface area (Å²) in [6.45, 7) is 2.94. The molecule has 1 aromatic rings. The van der Waals surface area contributed by atoms with E-state index in [1.807, 2.05) is 9.80 Å². The Balaban J connectivity index is 1.43. The molecule has 0 spiro atoms. The number of carbonyl (C=O) groups excluding carboxylic acids is 2. The lowest BCUT2D eigenvalue weighted by molar-refractivity contribution is -0.137. The summed E-state index contributed by atoms with van der Waals surface area (Å²) in [5, 5.41) is 2.71. The van der Waals surface area contributed by atoms with Gasteiger partial charge in [0, 0.05) is 37.8 Å². The highest BCUT2D eigenvalue weighted by Gasteiger charge is 2.27. The smallest absolute Gasteiger partial charge is 0.238 e. The van der Waals surface area contributed by atoms with Crippen molar-refractivity contribution >= 4 is 17.5 Å². The first-order valence-electron chi connectivity index (χ1n) is 8.83. The van der Waals surface area contributed by atoms with Crippen LogP contribution in [-0.2, 0) is 9.59 Å². The van der Waals surface area contributed by atoms with E-state index in [0.717, 1.165) is 19.3 Å². The Morgan fingerprint density at radius 3 is 2.64 bits per heavy atom. The van der Waals surface area contributed by atoms with Gasteiger partial charge in [0.1, 0.15) is 5.82 Å². The molecule has 1 fully saturated rings. The Morgan fingerprint density at radius 2 is 1.96 bits per heavy atom. The number of amides is 2. The van der Waals surface area contributed by atoms with Gasteiger partial charge in [0.15, 0.2) is 0 Å². The van der Waals surface area contributed by atoms with Gasteiger partial charge >= 0.3 is 0 Å². The van der Waals surface area contributed by atoms with E-state index >= 15 is 0 Å². The number of nitrogens with zero attached hydrogens (tertiary/aromatic N) is 2. The van der Waals surface area contributed by atoms with Crippen LogP contribution in [0.1, 0.15) is 19.3 Å². The fraction of sp³-hybridized carbons (Fsp3) is 0.474. The molecule has 1 atom stereocenters. The molecule has 0 radical (unpaired) electrons. The molecule has 6 heteroatoms. The van der Waals surface area contributed by atoms with Crippen molar-refractivity contribution in [3.8, 4) is 0 Å². The molecule has 0 aromatic heterocycles. The van der Waals surface area contributed by atoms with Crippen LogP contribution in [-0.4, -0.2) is 54.3 Å². The number of rotatable bonds is 4. The summed E-state index contributed by atoms with van der Waals surface area (Å²) >= 11 is 0. The van der Waals surface area contributed by atoms with Crippen molar-refractivity contribution in [2.45, 2.75) is 19.3 Å². The SMILES string of the molecule is O=C(CN1CCN(C(=O)[C@@H]2CC=CCC2)CC1)Nc1cccc(F)c1. The summed E-state index contributed by atoms with van der Waals surface area (Å²) in [5.41, 5.74) is 0.462. The number of anilines is 1. The van der Waals surface area contributed by atoms with Crippen LogP contribution in [0.5, 0.6) is 0 Å². The topological polar surface area (TPSA) is 52.7 Å². The third-order valence-corrected chi connectivity index (χ3v) is 4.78.